The summed E-state index contributed by atoms with van der Waals surface area (Å²) in [5.74, 6) is 0. The van der Waals surface area contributed by atoms with Crippen LogP contribution in [0.1, 0.15) is 27.2 Å². The van der Waals surface area contributed by atoms with Gasteiger partial charge in [-0.1, -0.05) is 6.92 Å². The van der Waals surface area contributed by atoms with Crippen molar-refractivity contribution in [2.24, 2.45) is 0 Å². The predicted molar refractivity (Wildman–Crippen MR) is 68.6 cm³/mol. The van der Waals surface area contributed by atoms with Gasteiger partial charge in [-0.05, 0) is 20.3 Å². The fourth-order valence-electron chi connectivity index (χ4n) is 1.78. The number of aromatic nitrogens is 2. The zero-order chi connectivity index (χ0) is 13.8. The summed E-state index contributed by atoms with van der Waals surface area (Å²) >= 11 is 0. The van der Waals surface area contributed by atoms with Crippen molar-refractivity contribution in [3.63, 3.8) is 0 Å². The van der Waals surface area contributed by atoms with Gasteiger partial charge in [0.15, 0.2) is 0 Å². The predicted octanol–water partition coefficient (Wildman–Crippen LogP) is 0.684. The van der Waals surface area contributed by atoms with Gasteiger partial charge in [-0.3, -0.25) is 4.68 Å². The zero-order valence-electron chi connectivity index (χ0n) is 11.1. The third-order valence-corrected chi connectivity index (χ3v) is 4.75. The maximum absolute atomic E-state index is 12.3. The summed E-state index contributed by atoms with van der Waals surface area (Å²) < 4.78 is 27.6. The minimum Gasteiger partial charge on any atom is -0.396 e. The molecule has 0 radical (unpaired) electrons. The number of aliphatic hydroxyl groups is 1. The fourth-order valence-corrected chi connectivity index (χ4v) is 3.38. The van der Waals surface area contributed by atoms with Crippen LogP contribution in [-0.4, -0.2) is 46.8 Å². The molecule has 0 spiro atoms. The van der Waals surface area contributed by atoms with Crippen LogP contribution in [-0.2, 0) is 16.6 Å². The van der Waals surface area contributed by atoms with E-state index in [9.17, 15) is 8.42 Å². The van der Waals surface area contributed by atoms with Crippen LogP contribution in [0.25, 0.3) is 0 Å². The normalized spacial score (nSPS) is 12.6. The second kappa shape index (κ2) is 6.31. The Morgan fingerprint density at radius 1 is 1.50 bits per heavy atom. The lowest BCUT2D eigenvalue weighted by atomic mass is 10.4. The van der Waals surface area contributed by atoms with Crippen LogP contribution in [0.15, 0.2) is 17.3 Å². The summed E-state index contributed by atoms with van der Waals surface area (Å²) in [6.07, 6.45) is 3.43. The van der Waals surface area contributed by atoms with E-state index in [1.807, 2.05) is 20.8 Å². The first-order valence-electron chi connectivity index (χ1n) is 6.08. The Labute approximate surface area is 108 Å². The number of aryl methyl sites for hydroxylation is 1. The zero-order valence-corrected chi connectivity index (χ0v) is 11.9. The Bertz CT molecular complexity index is 468. The summed E-state index contributed by atoms with van der Waals surface area (Å²) in [6, 6.07) is -0.0826. The molecule has 0 aliphatic rings. The molecule has 0 amide bonds. The van der Waals surface area contributed by atoms with Crippen LogP contribution in [0, 0.1) is 0 Å². The Kier molecular flexibility index (Phi) is 5.30. The monoisotopic (exact) mass is 275 g/mol. The maximum atomic E-state index is 12.3. The molecule has 0 unspecified atom stereocenters. The highest BCUT2D eigenvalue weighted by molar-refractivity contribution is 7.89. The first-order chi connectivity index (χ1) is 8.43. The van der Waals surface area contributed by atoms with Crippen LogP contribution < -0.4 is 0 Å². The van der Waals surface area contributed by atoms with Crippen LogP contribution in [0.2, 0.25) is 0 Å². The molecule has 104 valence electrons. The molecule has 1 rings (SSSR count). The Morgan fingerprint density at radius 3 is 2.67 bits per heavy atom. The number of hydrogen-bond donors (Lipinski definition) is 1. The Morgan fingerprint density at radius 2 is 2.17 bits per heavy atom. The van der Waals surface area contributed by atoms with Gasteiger partial charge in [0, 0.05) is 31.9 Å². The highest BCUT2D eigenvalue weighted by atomic mass is 32.2. The smallest absolute Gasteiger partial charge is 0.246 e. The largest absolute Gasteiger partial charge is 0.396 e. The molecule has 1 N–H and O–H groups in total. The van der Waals surface area contributed by atoms with Crippen molar-refractivity contribution in [2.45, 2.75) is 44.7 Å². The van der Waals surface area contributed by atoms with Crippen molar-refractivity contribution in [1.29, 1.82) is 0 Å². The van der Waals surface area contributed by atoms with Crippen molar-refractivity contribution in [3.8, 4) is 0 Å². The second-order valence-corrected chi connectivity index (χ2v) is 6.21. The van der Waals surface area contributed by atoms with Gasteiger partial charge in [-0.25, -0.2) is 8.42 Å². The van der Waals surface area contributed by atoms with E-state index in [0.717, 1.165) is 0 Å². The molecule has 1 heterocycles. The number of aliphatic hydroxyl groups excluding tert-OH is 1. The number of hydrogen-bond acceptors (Lipinski definition) is 4. The van der Waals surface area contributed by atoms with E-state index in [4.69, 9.17) is 5.11 Å². The van der Waals surface area contributed by atoms with Crippen molar-refractivity contribution in [1.82, 2.24) is 14.1 Å². The molecule has 7 heteroatoms. The standard InChI is InChI=1S/C11H21N3O3S/c1-4-14(10(2)3)18(16,17)11-8-12-13(9-11)6-5-7-15/h8-10,15H,4-7H2,1-3H3. The van der Waals surface area contributed by atoms with Gasteiger partial charge < -0.3 is 5.11 Å². The molecular weight excluding hydrogens is 254 g/mol. The Hall–Kier alpha value is -0.920. The number of rotatable bonds is 7. The minimum atomic E-state index is -3.47. The molecule has 0 aromatic carbocycles. The first-order valence-corrected chi connectivity index (χ1v) is 7.52. The topological polar surface area (TPSA) is 75.4 Å². The molecule has 0 fully saturated rings. The molecule has 1 aromatic heterocycles. The van der Waals surface area contributed by atoms with Gasteiger partial charge in [0.2, 0.25) is 10.0 Å². The summed E-state index contributed by atoms with van der Waals surface area (Å²) in [5.41, 5.74) is 0. The van der Waals surface area contributed by atoms with Gasteiger partial charge in [0.05, 0.1) is 6.20 Å². The lowest BCUT2D eigenvalue weighted by Gasteiger charge is -2.23. The SMILES string of the molecule is CCN(C(C)C)S(=O)(=O)c1cnn(CCCO)c1. The van der Waals surface area contributed by atoms with E-state index in [1.54, 1.807) is 0 Å². The van der Waals surface area contributed by atoms with Crippen LogP contribution in [0.5, 0.6) is 0 Å². The molecule has 1 aromatic rings. The first kappa shape index (κ1) is 15.1. The molecular formula is C11H21N3O3S. The van der Waals surface area contributed by atoms with Crippen LogP contribution in [0.3, 0.4) is 0 Å². The molecule has 18 heavy (non-hydrogen) atoms. The van der Waals surface area contributed by atoms with E-state index in [0.29, 0.717) is 19.5 Å². The van der Waals surface area contributed by atoms with E-state index in [1.165, 1.54) is 21.4 Å². The summed E-state index contributed by atoms with van der Waals surface area (Å²) in [5, 5.41) is 12.7. The molecule has 0 saturated heterocycles. The second-order valence-electron chi connectivity index (χ2n) is 4.32. The van der Waals surface area contributed by atoms with Crippen LogP contribution >= 0.6 is 0 Å². The lowest BCUT2D eigenvalue weighted by Crippen LogP contribution is -2.36. The molecule has 0 saturated carbocycles. The van der Waals surface area contributed by atoms with Crippen molar-refractivity contribution in [3.05, 3.63) is 12.4 Å². The van der Waals surface area contributed by atoms with Gasteiger partial charge in [-0.2, -0.15) is 9.40 Å². The van der Waals surface area contributed by atoms with E-state index >= 15 is 0 Å². The molecule has 0 aliphatic carbocycles. The fraction of sp³-hybridized carbons (Fsp3) is 0.727. The quantitative estimate of drug-likeness (QED) is 0.794. The number of nitrogens with zero attached hydrogens (tertiary/aromatic N) is 3. The van der Waals surface area contributed by atoms with Gasteiger partial charge in [0.1, 0.15) is 4.90 Å². The summed E-state index contributed by atoms with van der Waals surface area (Å²) in [7, 11) is -3.47. The maximum Gasteiger partial charge on any atom is 0.246 e. The van der Waals surface area contributed by atoms with E-state index in [2.05, 4.69) is 5.10 Å². The average molecular weight is 275 g/mol. The number of sulfonamides is 1. The van der Waals surface area contributed by atoms with Gasteiger partial charge >= 0.3 is 0 Å². The third kappa shape index (κ3) is 3.30. The van der Waals surface area contributed by atoms with Gasteiger partial charge in [-0.15, -0.1) is 0 Å². The molecule has 0 aliphatic heterocycles. The van der Waals surface area contributed by atoms with Crippen molar-refractivity contribution in [2.75, 3.05) is 13.2 Å². The molecule has 0 atom stereocenters. The van der Waals surface area contributed by atoms with Gasteiger partial charge in [0.25, 0.3) is 0 Å². The third-order valence-electron chi connectivity index (χ3n) is 2.65. The molecule has 6 nitrogen and oxygen atoms in total. The van der Waals surface area contributed by atoms with Crippen molar-refractivity contribution >= 4 is 10.0 Å². The minimum absolute atomic E-state index is 0.0645. The summed E-state index contributed by atoms with van der Waals surface area (Å²) in [6.45, 7) is 6.51. The lowest BCUT2D eigenvalue weighted by molar-refractivity contribution is 0.277. The summed E-state index contributed by atoms with van der Waals surface area (Å²) in [4.78, 5) is 0.205. The average Bonchev–Trinajstić information content (AvgIpc) is 2.75. The van der Waals surface area contributed by atoms with Crippen molar-refractivity contribution < 1.29 is 13.5 Å². The van der Waals surface area contributed by atoms with E-state index in [-0.39, 0.29) is 17.5 Å². The highest BCUT2D eigenvalue weighted by Gasteiger charge is 2.26. The molecule has 0 bridgehead atoms. The highest BCUT2D eigenvalue weighted by Crippen LogP contribution is 2.17. The van der Waals surface area contributed by atoms with E-state index < -0.39 is 10.0 Å². The van der Waals surface area contributed by atoms with Crippen LogP contribution in [0.4, 0.5) is 0 Å². The Balaban J connectivity index is 2.94.